The van der Waals surface area contributed by atoms with Crippen LogP contribution in [0.3, 0.4) is 0 Å². The van der Waals surface area contributed by atoms with E-state index in [0.29, 0.717) is 0 Å². The highest BCUT2D eigenvalue weighted by Gasteiger charge is 2.29. The number of hydrogen-bond donors (Lipinski definition) is 1. The smallest absolute Gasteiger partial charge is 0.327 e. The predicted molar refractivity (Wildman–Crippen MR) is 62.7 cm³/mol. The van der Waals surface area contributed by atoms with Crippen LogP contribution in [-0.4, -0.2) is 12.2 Å². The van der Waals surface area contributed by atoms with Crippen LogP contribution in [0.1, 0.15) is 37.7 Å². The molecule has 0 fully saturated rings. The molecule has 0 aromatic heterocycles. The van der Waals surface area contributed by atoms with Crippen molar-refractivity contribution in [1.82, 2.24) is 0 Å². The third-order valence-electron chi connectivity index (χ3n) is 2.95. The topological polar surface area (TPSA) is 26.0 Å². The Labute approximate surface area is 99.8 Å². The first-order valence-corrected chi connectivity index (χ1v) is 5.81. The van der Waals surface area contributed by atoms with Gasteiger partial charge in [-0.25, -0.2) is 0 Å². The zero-order valence-electron chi connectivity index (χ0n) is 9.87. The van der Waals surface area contributed by atoms with Crippen LogP contribution in [0.25, 0.3) is 0 Å². The van der Waals surface area contributed by atoms with E-state index in [-0.39, 0.29) is 12.3 Å². The molecule has 0 saturated carbocycles. The van der Waals surface area contributed by atoms with Crippen LogP contribution < -0.4 is 5.73 Å². The summed E-state index contributed by atoms with van der Waals surface area (Å²) in [5, 5.41) is 0. The first kappa shape index (κ1) is 14.0. The van der Waals surface area contributed by atoms with Crippen LogP contribution in [0, 0.1) is 0 Å². The van der Waals surface area contributed by atoms with Crippen molar-refractivity contribution in [3.8, 4) is 0 Å². The summed E-state index contributed by atoms with van der Waals surface area (Å²) in [4.78, 5) is 0. The van der Waals surface area contributed by atoms with Crippen molar-refractivity contribution in [3.63, 3.8) is 0 Å². The standard InChI is InChI=1S/C13H18F3N/c1-2-11(10-6-4-3-5-7-10)12(17)8-9-13(14,15)16/h3-7,11-12H,2,8-9,17H2,1H3. The minimum atomic E-state index is -4.12. The lowest BCUT2D eigenvalue weighted by atomic mass is 9.87. The molecule has 1 aromatic carbocycles. The molecule has 2 unspecified atom stereocenters. The molecule has 0 spiro atoms. The fourth-order valence-corrected chi connectivity index (χ4v) is 2.02. The highest BCUT2D eigenvalue weighted by atomic mass is 19.4. The van der Waals surface area contributed by atoms with E-state index >= 15 is 0 Å². The Morgan fingerprint density at radius 1 is 1.18 bits per heavy atom. The molecule has 17 heavy (non-hydrogen) atoms. The van der Waals surface area contributed by atoms with Gasteiger partial charge in [-0.3, -0.25) is 0 Å². The number of hydrogen-bond acceptors (Lipinski definition) is 1. The number of alkyl halides is 3. The first-order valence-electron chi connectivity index (χ1n) is 5.81. The molecule has 2 N–H and O–H groups in total. The third kappa shape index (κ3) is 4.77. The van der Waals surface area contributed by atoms with Gasteiger partial charge in [0.05, 0.1) is 0 Å². The van der Waals surface area contributed by atoms with Crippen molar-refractivity contribution in [2.45, 2.75) is 44.3 Å². The lowest BCUT2D eigenvalue weighted by molar-refractivity contribution is -0.136. The van der Waals surface area contributed by atoms with Crippen LogP contribution in [0.2, 0.25) is 0 Å². The second-order valence-electron chi connectivity index (χ2n) is 4.24. The Hall–Kier alpha value is -1.03. The van der Waals surface area contributed by atoms with Gasteiger partial charge in [0.15, 0.2) is 0 Å². The Balaban J connectivity index is 2.62. The van der Waals surface area contributed by atoms with E-state index in [1.54, 1.807) is 0 Å². The van der Waals surface area contributed by atoms with Gasteiger partial charge in [0, 0.05) is 12.5 Å². The van der Waals surface area contributed by atoms with Crippen molar-refractivity contribution < 1.29 is 13.2 Å². The van der Waals surface area contributed by atoms with E-state index in [4.69, 9.17) is 5.73 Å². The predicted octanol–water partition coefficient (Wildman–Crippen LogP) is 3.85. The normalized spacial score (nSPS) is 15.6. The summed E-state index contributed by atoms with van der Waals surface area (Å²) in [5.74, 6) is -0.00134. The quantitative estimate of drug-likeness (QED) is 0.837. The Morgan fingerprint density at radius 2 is 1.76 bits per heavy atom. The van der Waals surface area contributed by atoms with E-state index in [9.17, 15) is 13.2 Å². The average Bonchev–Trinajstić information content (AvgIpc) is 2.28. The Bertz CT molecular complexity index is 321. The molecule has 4 heteroatoms. The van der Waals surface area contributed by atoms with Crippen molar-refractivity contribution in [2.75, 3.05) is 0 Å². The van der Waals surface area contributed by atoms with Crippen LogP contribution in [0.4, 0.5) is 13.2 Å². The monoisotopic (exact) mass is 245 g/mol. The molecule has 2 atom stereocenters. The van der Waals surface area contributed by atoms with Gasteiger partial charge in [0.25, 0.3) is 0 Å². The van der Waals surface area contributed by atoms with Gasteiger partial charge in [-0.2, -0.15) is 13.2 Å². The van der Waals surface area contributed by atoms with E-state index in [2.05, 4.69) is 0 Å². The van der Waals surface area contributed by atoms with Crippen molar-refractivity contribution in [3.05, 3.63) is 35.9 Å². The number of benzene rings is 1. The molecule has 0 aliphatic carbocycles. The summed E-state index contributed by atoms with van der Waals surface area (Å²) in [6.45, 7) is 1.95. The van der Waals surface area contributed by atoms with Gasteiger partial charge in [-0.1, -0.05) is 37.3 Å². The summed E-state index contributed by atoms with van der Waals surface area (Å²) < 4.78 is 36.4. The van der Waals surface area contributed by atoms with E-state index in [0.717, 1.165) is 12.0 Å². The number of nitrogens with two attached hydrogens (primary N) is 1. The minimum absolute atomic E-state index is 0.00134. The molecule has 96 valence electrons. The largest absolute Gasteiger partial charge is 0.389 e. The highest BCUT2D eigenvalue weighted by Crippen LogP contribution is 2.28. The average molecular weight is 245 g/mol. The molecule has 0 aliphatic heterocycles. The zero-order valence-corrected chi connectivity index (χ0v) is 9.87. The maximum absolute atomic E-state index is 12.1. The van der Waals surface area contributed by atoms with E-state index in [1.807, 2.05) is 37.3 Å². The van der Waals surface area contributed by atoms with Crippen LogP contribution in [-0.2, 0) is 0 Å². The van der Waals surface area contributed by atoms with E-state index < -0.39 is 18.6 Å². The summed E-state index contributed by atoms with van der Waals surface area (Å²) >= 11 is 0. The number of halogens is 3. The lowest BCUT2D eigenvalue weighted by Gasteiger charge is -2.23. The molecule has 0 radical (unpaired) electrons. The van der Waals surface area contributed by atoms with Crippen LogP contribution in [0.5, 0.6) is 0 Å². The second-order valence-corrected chi connectivity index (χ2v) is 4.24. The number of rotatable bonds is 5. The third-order valence-corrected chi connectivity index (χ3v) is 2.95. The molecule has 1 aromatic rings. The molecule has 0 heterocycles. The van der Waals surface area contributed by atoms with Gasteiger partial charge in [-0.05, 0) is 24.3 Å². The molecular weight excluding hydrogens is 227 g/mol. The van der Waals surface area contributed by atoms with Crippen molar-refractivity contribution in [2.24, 2.45) is 5.73 Å². The van der Waals surface area contributed by atoms with Gasteiger partial charge in [0.2, 0.25) is 0 Å². The zero-order chi connectivity index (χ0) is 12.9. The van der Waals surface area contributed by atoms with Gasteiger partial charge < -0.3 is 5.73 Å². The maximum Gasteiger partial charge on any atom is 0.389 e. The minimum Gasteiger partial charge on any atom is -0.327 e. The van der Waals surface area contributed by atoms with Crippen LogP contribution >= 0.6 is 0 Å². The fraction of sp³-hybridized carbons (Fsp3) is 0.538. The Morgan fingerprint density at radius 3 is 2.24 bits per heavy atom. The molecule has 1 rings (SSSR count). The maximum atomic E-state index is 12.1. The summed E-state index contributed by atoms with van der Waals surface area (Å²) in [6, 6.07) is 9.05. The van der Waals surface area contributed by atoms with Crippen molar-refractivity contribution in [1.29, 1.82) is 0 Å². The van der Waals surface area contributed by atoms with Gasteiger partial charge >= 0.3 is 6.18 Å². The second kappa shape index (κ2) is 6.05. The molecule has 1 nitrogen and oxygen atoms in total. The Kier molecular flexibility index (Phi) is 5.00. The molecule has 0 aliphatic rings. The SMILES string of the molecule is CCC(c1ccccc1)C(N)CCC(F)(F)F. The highest BCUT2D eigenvalue weighted by molar-refractivity contribution is 5.20. The molecule has 0 saturated heterocycles. The summed E-state index contributed by atoms with van der Waals surface area (Å²) in [6.07, 6.45) is -4.19. The molecule has 0 amide bonds. The lowest BCUT2D eigenvalue weighted by Crippen LogP contribution is -2.29. The first-order chi connectivity index (χ1) is 7.94. The molecular formula is C13H18F3N. The summed E-state index contributed by atoms with van der Waals surface area (Å²) in [7, 11) is 0. The van der Waals surface area contributed by atoms with Gasteiger partial charge in [0.1, 0.15) is 0 Å². The molecule has 0 bridgehead atoms. The fourth-order valence-electron chi connectivity index (χ4n) is 2.02. The van der Waals surface area contributed by atoms with Gasteiger partial charge in [-0.15, -0.1) is 0 Å². The van der Waals surface area contributed by atoms with Crippen molar-refractivity contribution >= 4 is 0 Å². The summed E-state index contributed by atoms with van der Waals surface area (Å²) in [5.41, 5.74) is 6.89. The van der Waals surface area contributed by atoms with Crippen LogP contribution in [0.15, 0.2) is 30.3 Å². The van der Waals surface area contributed by atoms with E-state index in [1.165, 1.54) is 0 Å².